The lowest BCUT2D eigenvalue weighted by atomic mass is 9.85. The van der Waals surface area contributed by atoms with Gasteiger partial charge in [-0.05, 0) is 75.5 Å². The third-order valence-corrected chi connectivity index (χ3v) is 11.1. The second kappa shape index (κ2) is 14.2. The smallest absolute Gasteiger partial charge is 0.160 e. The van der Waals surface area contributed by atoms with E-state index in [1.165, 1.54) is 32.9 Å². The number of hydrogen-bond donors (Lipinski definition) is 0. The Balaban J connectivity index is 1.41. The summed E-state index contributed by atoms with van der Waals surface area (Å²) in [4.78, 5) is 10.6. The van der Waals surface area contributed by atoms with Crippen molar-refractivity contribution in [1.29, 1.82) is 0 Å². The maximum absolute atomic E-state index is 5.31. The predicted octanol–water partition coefficient (Wildman–Crippen LogP) is 14.5. The minimum absolute atomic E-state index is 0.00316. The van der Waals surface area contributed by atoms with E-state index in [0.29, 0.717) is 5.82 Å². The largest absolute Gasteiger partial charge is 0.308 e. The van der Waals surface area contributed by atoms with E-state index >= 15 is 0 Å². The molecule has 0 N–H and O–H groups in total. The van der Waals surface area contributed by atoms with Gasteiger partial charge in [0.15, 0.2) is 5.82 Å². The fraction of sp³-hybridized carbons (Fsp3) is 0.148. The van der Waals surface area contributed by atoms with E-state index in [9.17, 15) is 0 Å². The van der Waals surface area contributed by atoms with Gasteiger partial charge in [0.1, 0.15) is 0 Å². The summed E-state index contributed by atoms with van der Waals surface area (Å²) in [6, 6.07) is 63.3. The monoisotopic (exact) mass is 737 g/mol. The van der Waals surface area contributed by atoms with Gasteiger partial charge in [-0.25, -0.2) is 9.97 Å². The highest BCUT2D eigenvalue weighted by molar-refractivity contribution is 6.11. The molecule has 0 aliphatic rings. The minimum atomic E-state index is 0.00316. The number of hydrogen-bond acceptors (Lipinski definition) is 2. The van der Waals surface area contributed by atoms with Gasteiger partial charge >= 0.3 is 0 Å². The van der Waals surface area contributed by atoms with Gasteiger partial charge < -0.3 is 4.57 Å². The summed E-state index contributed by atoms with van der Waals surface area (Å²) >= 11 is 0. The van der Waals surface area contributed by atoms with Gasteiger partial charge in [-0.3, -0.25) is 0 Å². The SMILES string of the molecule is CC(C)(C)c1ccc2c(c1)c1cc(C(C)(C)C)ccc1n2-c1c(-c2ccccc2)cc(-c2nc(-c3ccccc3)cc(-c3ccccc3)n2)cc1-c1ccccc1. The van der Waals surface area contributed by atoms with Crippen molar-refractivity contribution in [3.63, 3.8) is 0 Å². The Hall–Kier alpha value is -6.58. The van der Waals surface area contributed by atoms with Gasteiger partial charge in [0.2, 0.25) is 0 Å². The Morgan fingerprint density at radius 2 is 0.737 bits per heavy atom. The van der Waals surface area contributed by atoms with Crippen LogP contribution in [0.3, 0.4) is 0 Å². The quantitative estimate of drug-likeness (QED) is 0.170. The highest BCUT2D eigenvalue weighted by Crippen LogP contribution is 2.45. The van der Waals surface area contributed by atoms with E-state index in [1.807, 2.05) is 12.1 Å². The van der Waals surface area contributed by atoms with Gasteiger partial charge in [-0.2, -0.15) is 0 Å². The van der Waals surface area contributed by atoms with E-state index in [4.69, 9.17) is 9.97 Å². The van der Waals surface area contributed by atoms with E-state index in [-0.39, 0.29) is 10.8 Å². The molecule has 0 bridgehead atoms. The van der Waals surface area contributed by atoms with Crippen LogP contribution in [0.4, 0.5) is 0 Å². The zero-order valence-electron chi connectivity index (χ0n) is 33.6. The van der Waals surface area contributed by atoms with Crippen LogP contribution >= 0.6 is 0 Å². The molecule has 0 saturated carbocycles. The first-order valence-electron chi connectivity index (χ1n) is 19.9. The van der Waals surface area contributed by atoms with E-state index in [1.54, 1.807) is 0 Å². The Kier molecular flexibility index (Phi) is 8.97. The van der Waals surface area contributed by atoms with Crippen molar-refractivity contribution >= 4 is 21.8 Å². The van der Waals surface area contributed by atoms with Gasteiger partial charge in [-0.15, -0.1) is 0 Å². The summed E-state index contributed by atoms with van der Waals surface area (Å²) in [5.74, 6) is 0.683. The lowest BCUT2D eigenvalue weighted by Gasteiger charge is -2.22. The number of benzene rings is 7. The fourth-order valence-electron chi connectivity index (χ4n) is 7.97. The number of fused-ring (bicyclic) bond motifs is 3. The Morgan fingerprint density at radius 1 is 0.368 bits per heavy atom. The third-order valence-electron chi connectivity index (χ3n) is 11.1. The molecule has 9 rings (SSSR count). The minimum Gasteiger partial charge on any atom is -0.308 e. The van der Waals surface area contributed by atoms with Crippen molar-refractivity contribution in [1.82, 2.24) is 14.5 Å². The molecule has 0 atom stereocenters. The summed E-state index contributed by atoms with van der Waals surface area (Å²) in [6.07, 6.45) is 0. The normalized spacial score (nSPS) is 12.0. The Labute approximate surface area is 336 Å². The first kappa shape index (κ1) is 36.1. The van der Waals surface area contributed by atoms with Crippen LogP contribution in [-0.2, 0) is 10.8 Å². The highest BCUT2D eigenvalue weighted by atomic mass is 15.0. The second-order valence-corrected chi connectivity index (χ2v) is 17.1. The standard InChI is InChI=1S/C54H47N3/c1-53(2,3)41-27-29-49-45(33-41)46-34-42(54(4,5)6)28-30-50(46)57(49)51-43(36-19-11-7-12-20-36)31-40(32-44(51)37-21-13-8-14-22-37)52-55-47(38-23-15-9-16-24-38)35-48(56-52)39-25-17-10-18-26-39/h7-35H,1-6H3. The molecule has 3 nitrogen and oxygen atoms in total. The summed E-state index contributed by atoms with van der Waals surface area (Å²) < 4.78 is 2.51. The maximum atomic E-state index is 5.31. The first-order valence-corrected chi connectivity index (χ1v) is 19.9. The zero-order valence-corrected chi connectivity index (χ0v) is 33.6. The molecule has 0 amide bonds. The van der Waals surface area contributed by atoms with Crippen LogP contribution in [-0.4, -0.2) is 14.5 Å². The number of aromatic nitrogens is 3. The van der Waals surface area contributed by atoms with E-state index in [0.717, 1.165) is 56.0 Å². The Bertz CT molecular complexity index is 2690. The average Bonchev–Trinajstić information content (AvgIpc) is 3.56. The molecule has 2 heterocycles. The molecule has 0 fully saturated rings. The lowest BCUT2D eigenvalue weighted by molar-refractivity contribution is 0.590. The summed E-state index contributed by atoms with van der Waals surface area (Å²) in [5, 5.41) is 2.52. The summed E-state index contributed by atoms with van der Waals surface area (Å²) in [6.45, 7) is 13.8. The molecular weight excluding hydrogens is 691 g/mol. The zero-order chi connectivity index (χ0) is 39.3. The van der Waals surface area contributed by atoms with Crippen molar-refractivity contribution in [3.05, 3.63) is 187 Å². The van der Waals surface area contributed by atoms with Gasteiger partial charge in [0.25, 0.3) is 0 Å². The van der Waals surface area contributed by atoms with Gasteiger partial charge in [-0.1, -0.05) is 175 Å². The fourth-order valence-corrected chi connectivity index (χ4v) is 7.97. The molecule has 7 aromatic carbocycles. The molecule has 0 saturated heterocycles. The topological polar surface area (TPSA) is 30.7 Å². The van der Waals surface area contributed by atoms with Crippen LogP contribution < -0.4 is 0 Å². The van der Waals surface area contributed by atoms with Crippen LogP contribution in [0.1, 0.15) is 52.7 Å². The highest BCUT2D eigenvalue weighted by Gasteiger charge is 2.25. The van der Waals surface area contributed by atoms with Gasteiger partial charge in [0, 0.05) is 38.6 Å². The molecule has 2 aromatic heterocycles. The molecule has 0 aliphatic heterocycles. The number of rotatable bonds is 6. The molecule has 278 valence electrons. The van der Waals surface area contributed by atoms with Crippen LogP contribution in [0.15, 0.2) is 176 Å². The first-order chi connectivity index (χ1) is 27.5. The Morgan fingerprint density at radius 3 is 1.11 bits per heavy atom. The van der Waals surface area contributed by atoms with Crippen LogP contribution in [0.5, 0.6) is 0 Å². The van der Waals surface area contributed by atoms with Gasteiger partial charge in [0.05, 0.1) is 28.1 Å². The van der Waals surface area contributed by atoms with Crippen LogP contribution in [0.25, 0.3) is 83.6 Å². The van der Waals surface area contributed by atoms with E-state index < -0.39 is 0 Å². The number of nitrogens with zero attached hydrogens (tertiary/aromatic N) is 3. The predicted molar refractivity (Wildman–Crippen MR) is 241 cm³/mol. The third kappa shape index (κ3) is 6.84. The van der Waals surface area contributed by atoms with Crippen LogP contribution in [0, 0.1) is 0 Å². The molecule has 9 aromatic rings. The van der Waals surface area contributed by atoms with Crippen molar-refractivity contribution < 1.29 is 0 Å². The van der Waals surface area contributed by atoms with Crippen LogP contribution in [0.2, 0.25) is 0 Å². The van der Waals surface area contributed by atoms with Crippen molar-refractivity contribution in [2.24, 2.45) is 0 Å². The summed E-state index contributed by atoms with van der Waals surface area (Å²) in [7, 11) is 0. The van der Waals surface area contributed by atoms with E-state index in [2.05, 4.69) is 210 Å². The molecule has 0 spiro atoms. The van der Waals surface area contributed by atoms with Crippen molar-refractivity contribution in [2.75, 3.05) is 0 Å². The van der Waals surface area contributed by atoms with Crippen molar-refractivity contribution in [3.8, 4) is 61.8 Å². The molecule has 0 unspecified atom stereocenters. The molecular formula is C54H47N3. The molecule has 57 heavy (non-hydrogen) atoms. The van der Waals surface area contributed by atoms with Crippen molar-refractivity contribution in [2.45, 2.75) is 52.4 Å². The average molecular weight is 738 g/mol. The second-order valence-electron chi connectivity index (χ2n) is 17.1. The lowest BCUT2D eigenvalue weighted by Crippen LogP contribution is -2.10. The summed E-state index contributed by atoms with van der Waals surface area (Å²) in [5.41, 5.74) is 15.4. The molecule has 3 heteroatoms. The molecule has 0 aliphatic carbocycles. The molecule has 0 radical (unpaired) electrons. The maximum Gasteiger partial charge on any atom is 0.160 e.